The average Bonchev–Trinajstić information content (AvgIpc) is 2.57. The van der Waals surface area contributed by atoms with Gasteiger partial charge in [-0.2, -0.15) is 13.2 Å². The molecule has 0 fully saturated rings. The largest absolute Gasteiger partial charge is 0.493 e. The molecule has 0 amide bonds. The second kappa shape index (κ2) is 4.18. The lowest BCUT2D eigenvalue weighted by atomic mass is 9.82. The van der Waals surface area contributed by atoms with Gasteiger partial charge in [-0.3, -0.25) is 0 Å². The van der Waals surface area contributed by atoms with E-state index in [0.717, 1.165) is 12.5 Å². The van der Waals surface area contributed by atoms with Crippen LogP contribution < -0.4 is 4.74 Å². The lowest BCUT2D eigenvalue weighted by Crippen LogP contribution is -2.13. The van der Waals surface area contributed by atoms with Crippen LogP contribution in [0.2, 0.25) is 0 Å². The van der Waals surface area contributed by atoms with E-state index in [1.165, 1.54) is 12.1 Å². The zero-order valence-corrected chi connectivity index (χ0v) is 10.8. The highest BCUT2D eigenvalue weighted by atomic mass is 19.4. The fraction of sp³-hybridized carbons (Fsp3) is 0.571. The number of hydrogen-bond donors (Lipinski definition) is 0. The zero-order valence-electron chi connectivity index (χ0n) is 10.8. The third-order valence-electron chi connectivity index (χ3n) is 3.08. The van der Waals surface area contributed by atoms with Crippen LogP contribution in [0.1, 0.15) is 44.2 Å². The van der Waals surface area contributed by atoms with E-state index in [0.29, 0.717) is 17.9 Å². The number of ether oxygens (including phenoxy) is 1. The highest BCUT2D eigenvalue weighted by Gasteiger charge is 2.34. The van der Waals surface area contributed by atoms with Crippen LogP contribution >= 0.6 is 0 Å². The minimum Gasteiger partial charge on any atom is -0.493 e. The monoisotopic (exact) mass is 258 g/mol. The first-order valence-electron chi connectivity index (χ1n) is 6.01. The van der Waals surface area contributed by atoms with Gasteiger partial charge in [0.25, 0.3) is 0 Å². The maximum Gasteiger partial charge on any atom is 0.416 e. The SMILES string of the molecule is CC(C)(C)CC1COc2ccc(C(F)(F)F)cc21. The number of benzene rings is 1. The Bertz CT molecular complexity index is 443. The number of hydrogen-bond acceptors (Lipinski definition) is 1. The Hall–Kier alpha value is -1.19. The molecule has 0 N–H and O–H groups in total. The normalized spacial score (nSPS) is 19.6. The summed E-state index contributed by atoms with van der Waals surface area (Å²) in [6.45, 7) is 6.73. The van der Waals surface area contributed by atoms with Crippen molar-refractivity contribution in [1.29, 1.82) is 0 Å². The van der Waals surface area contributed by atoms with Crippen molar-refractivity contribution in [3.05, 3.63) is 29.3 Å². The van der Waals surface area contributed by atoms with Gasteiger partial charge >= 0.3 is 6.18 Å². The minimum atomic E-state index is -4.29. The molecule has 100 valence electrons. The molecule has 18 heavy (non-hydrogen) atoms. The van der Waals surface area contributed by atoms with Crippen molar-refractivity contribution in [2.24, 2.45) is 5.41 Å². The lowest BCUT2D eigenvalue weighted by Gasteiger charge is -2.22. The molecule has 1 aromatic carbocycles. The Morgan fingerprint density at radius 3 is 2.44 bits per heavy atom. The van der Waals surface area contributed by atoms with E-state index in [1.54, 1.807) is 0 Å². The Labute approximate surface area is 105 Å². The van der Waals surface area contributed by atoms with Crippen molar-refractivity contribution in [2.45, 2.75) is 39.3 Å². The standard InChI is InChI=1S/C14H17F3O/c1-13(2,3)7-9-8-18-12-5-4-10(6-11(9)12)14(15,16)17/h4-6,9H,7-8H2,1-3H3. The van der Waals surface area contributed by atoms with Crippen LogP contribution in [-0.2, 0) is 6.18 Å². The molecule has 0 aromatic heterocycles. The van der Waals surface area contributed by atoms with E-state index in [4.69, 9.17) is 4.74 Å². The van der Waals surface area contributed by atoms with Crippen LogP contribution in [0.5, 0.6) is 5.75 Å². The predicted molar refractivity (Wildman–Crippen MR) is 63.8 cm³/mol. The van der Waals surface area contributed by atoms with Crippen molar-refractivity contribution >= 4 is 0 Å². The number of fused-ring (bicyclic) bond motifs is 1. The maximum atomic E-state index is 12.7. The van der Waals surface area contributed by atoms with E-state index in [2.05, 4.69) is 20.8 Å². The predicted octanol–water partition coefficient (Wildman–Crippen LogP) is 4.62. The second-order valence-corrected chi connectivity index (χ2v) is 6.02. The molecule has 0 saturated carbocycles. The molecule has 0 bridgehead atoms. The summed E-state index contributed by atoms with van der Waals surface area (Å²) in [7, 11) is 0. The summed E-state index contributed by atoms with van der Waals surface area (Å²) in [5.74, 6) is 0.652. The van der Waals surface area contributed by atoms with Gasteiger partial charge in [0.1, 0.15) is 5.75 Å². The average molecular weight is 258 g/mol. The van der Waals surface area contributed by atoms with Gasteiger partial charge in [-0.1, -0.05) is 20.8 Å². The van der Waals surface area contributed by atoms with Gasteiger partial charge < -0.3 is 4.74 Å². The minimum absolute atomic E-state index is 0.0577. The Kier molecular flexibility index (Phi) is 3.07. The summed E-state index contributed by atoms with van der Waals surface area (Å²) >= 11 is 0. The first-order chi connectivity index (χ1) is 8.17. The molecule has 0 spiro atoms. The molecular formula is C14H17F3O. The van der Waals surface area contributed by atoms with Crippen LogP contribution in [0.3, 0.4) is 0 Å². The molecule has 2 rings (SSSR count). The van der Waals surface area contributed by atoms with E-state index in [-0.39, 0.29) is 11.3 Å². The highest BCUT2D eigenvalue weighted by Crippen LogP contribution is 2.43. The first kappa shape index (κ1) is 13.2. The van der Waals surface area contributed by atoms with Gasteiger partial charge in [0.2, 0.25) is 0 Å². The van der Waals surface area contributed by atoms with Crippen molar-refractivity contribution in [3.8, 4) is 5.75 Å². The van der Waals surface area contributed by atoms with E-state index in [1.807, 2.05) is 0 Å². The molecule has 1 aliphatic rings. The molecule has 1 aromatic rings. The van der Waals surface area contributed by atoms with Crippen molar-refractivity contribution in [2.75, 3.05) is 6.61 Å². The molecule has 4 heteroatoms. The molecule has 0 aliphatic carbocycles. The summed E-state index contributed by atoms with van der Waals surface area (Å²) in [6.07, 6.45) is -3.47. The van der Waals surface area contributed by atoms with Gasteiger partial charge in [0.05, 0.1) is 12.2 Å². The molecule has 1 heterocycles. The lowest BCUT2D eigenvalue weighted by molar-refractivity contribution is -0.137. The third kappa shape index (κ3) is 2.79. The summed E-state index contributed by atoms with van der Waals surface area (Å²) in [5.41, 5.74) is 0.176. The zero-order chi connectivity index (χ0) is 13.6. The van der Waals surface area contributed by atoms with E-state index in [9.17, 15) is 13.2 Å². The van der Waals surface area contributed by atoms with Gasteiger partial charge in [0.15, 0.2) is 0 Å². The summed E-state index contributed by atoms with van der Waals surface area (Å²) in [5, 5.41) is 0. The smallest absolute Gasteiger partial charge is 0.416 e. The fourth-order valence-corrected chi connectivity index (χ4v) is 2.36. The number of alkyl halides is 3. The van der Waals surface area contributed by atoms with Crippen molar-refractivity contribution < 1.29 is 17.9 Å². The molecular weight excluding hydrogens is 241 g/mol. The van der Waals surface area contributed by atoms with Gasteiger partial charge in [0, 0.05) is 11.5 Å². The van der Waals surface area contributed by atoms with Crippen LogP contribution in [-0.4, -0.2) is 6.61 Å². The van der Waals surface area contributed by atoms with Crippen LogP contribution in [0, 0.1) is 5.41 Å². The summed E-state index contributed by atoms with van der Waals surface area (Å²) < 4.78 is 43.5. The maximum absolute atomic E-state index is 12.7. The fourth-order valence-electron chi connectivity index (χ4n) is 2.36. The van der Waals surface area contributed by atoms with Crippen LogP contribution in [0.25, 0.3) is 0 Å². The van der Waals surface area contributed by atoms with Gasteiger partial charge in [-0.25, -0.2) is 0 Å². The molecule has 0 radical (unpaired) electrons. The molecule has 1 nitrogen and oxygen atoms in total. The molecule has 1 unspecified atom stereocenters. The number of rotatable bonds is 1. The number of halogens is 3. The Morgan fingerprint density at radius 1 is 1.22 bits per heavy atom. The quantitative estimate of drug-likeness (QED) is 0.714. The molecule has 1 aliphatic heterocycles. The van der Waals surface area contributed by atoms with Crippen molar-refractivity contribution in [1.82, 2.24) is 0 Å². The topological polar surface area (TPSA) is 9.23 Å². The van der Waals surface area contributed by atoms with Gasteiger partial charge in [-0.15, -0.1) is 0 Å². The van der Waals surface area contributed by atoms with Crippen molar-refractivity contribution in [3.63, 3.8) is 0 Å². The highest BCUT2D eigenvalue weighted by molar-refractivity contribution is 5.43. The second-order valence-electron chi connectivity index (χ2n) is 6.02. The molecule has 0 saturated heterocycles. The van der Waals surface area contributed by atoms with Gasteiger partial charge in [-0.05, 0) is 30.0 Å². The summed E-state index contributed by atoms with van der Waals surface area (Å²) in [6, 6.07) is 3.75. The third-order valence-corrected chi connectivity index (χ3v) is 3.08. The first-order valence-corrected chi connectivity index (χ1v) is 6.01. The van der Waals surface area contributed by atoms with Crippen LogP contribution in [0.15, 0.2) is 18.2 Å². The summed E-state index contributed by atoms with van der Waals surface area (Å²) in [4.78, 5) is 0. The Balaban J connectivity index is 2.31. The molecule has 1 atom stereocenters. The van der Waals surface area contributed by atoms with Crippen LogP contribution in [0.4, 0.5) is 13.2 Å². The Morgan fingerprint density at radius 2 is 1.89 bits per heavy atom. The van der Waals surface area contributed by atoms with E-state index >= 15 is 0 Å². The van der Waals surface area contributed by atoms with E-state index < -0.39 is 11.7 Å².